The van der Waals surface area contributed by atoms with E-state index in [1.54, 1.807) is 24.5 Å². The fourth-order valence-electron chi connectivity index (χ4n) is 0.787. The molecule has 0 amide bonds. The Morgan fingerprint density at radius 3 is 3.07 bits per heavy atom. The lowest BCUT2D eigenvalue weighted by atomic mass is 10.2. The quantitative estimate of drug-likeness (QED) is 0.655. The van der Waals surface area contributed by atoms with E-state index >= 15 is 0 Å². The van der Waals surface area contributed by atoms with Crippen LogP contribution in [0.15, 0.2) is 24.5 Å². The van der Waals surface area contributed by atoms with E-state index < -0.39 is 12.0 Å². The Hall–Kier alpha value is -1.86. The van der Waals surface area contributed by atoms with Crippen LogP contribution in [0.3, 0.4) is 0 Å². The molecule has 0 radical (unpaired) electrons. The zero-order chi connectivity index (χ0) is 10.4. The topological polar surface area (TPSA) is 76.2 Å². The van der Waals surface area contributed by atoms with E-state index in [2.05, 4.69) is 16.8 Å². The zero-order valence-corrected chi connectivity index (χ0v) is 7.47. The maximum atomic E-state index is 10.3. The summed E-state index contributed by atoms with van der Waals surface area (Å²) in [7, 11) is 0. The van der Waals surface area contributed by atoms with Gasteiger partial charge in [-0.1, -0.05) is 11.8 Å². The van der Waals surface area contributed by atoms with Crippen LogP contribution < -0.4 is 5.73 Å². The largest absolute Gasteiger partial charge is 0.480 e. The second kappa shape index (κ2) is 5.00. The Labute approximate surface area is 81.8 Å². The number of carbonyl (C=O) groups is 1. The summed E-state index contributed by atoms with van der Waals surface area (Å²) in [4.78, 5) is 14.2. The zero-order valence-electron chi connectivity index (χ0n) is 7.47. The maximum absolute atomic E-state index is 10.3. The SMILES string of the molecule is NC(CC#Cc1cccnc1)C(=O)O. The van der Waals surface area contributed by atoms with Crippen molar-refractivity contribution in [2.75, 3.05) is 0 Å². The highest BCUT2D eigenvalue weighted by molar-refractivity contribution is 5.73. The molecule has 4 nitrogen and oxygen atoms in total. The average Bonchev–Trinajstić information content (AvgIpc) is 2.19. The Morgan fingerprint density at radius 2 is 2.50 bits per heavy atom. The van der Waals surface area contributed by atoms with Gasteiger partial charge in [-0.05, 0) is 12.1 Å². The smallest absolute Gasteiger partial charge is 0.321 e. The number of aliphatic carboxylic acids is 1. The summed E-state index contributed by atoms with van der Waals surface area (Å²) in [5.74, 6) is 4.42. The van der Waals surface area contributed by atoms with Crippen molar-refractivity contribution in [3.8, 4) is 11.8 Å². The van der Waals surface area contributed by atoms with Crippen LogP contribution in [0.25, 0.3) is 0 Å². The van der Waals surface area contributed by atoms with Gasteiger partial charge in [0.05, 0.1) is 0 Å². The molecule has 1 unspecified atom stereocenters. The Balaban J connectivity index is 2.53. The molecule has 1 aromatic rings. The summed E-state index contributed by atoms with van der Waals surface area (Å²) in [6, 6.07) is 2.65. The normalized spacial score (nSPS) is 11.2. The third-order valence-corrected chi connectivity index (χ3v) is 1.53. The van der Waals surface area contributed by atoms with Gasteiger partial charge >= 0.3 is 5.97 Å². The lowest BCUT2D eigenvalue weighted by Crippen LogP contribution is -2.29. The summed E-state index contributed by atoms with van der Waals surface area (Å²) in [6.45, 7) is 0. The lowest BCUT2D eigenvalue weighted by Gasteiger charge is -1.97. The van der Waals surface area contributed by atoms with Gasteiger partial charge in [0.2, 0.25) is 0 Å². The average molecular weight is 190 g/mol. The number of carboxylic acids is 1. The van der Waals surface area contributed by atoms with Crippen molar-refractivity contribution in [2.24, 2.45) is 5.73 Å². The van der Waals surface area contributed by atoms with Gasteiger partial charge in [-0.15, -0.1) is 0 Å². The molecule has 0 fully saturated rings. The Bertz CT molecular complexity index is 365. The first-order chi connectivity index (χ1) is 6.70. The van der Waals surface area contributed by atoms with E-state index in [0.29, 0.717) is 0 Å². The van der Waals surface area contributed by atoms with Crippen molar-refractivity contribution in [2.45, 2.75) is 12.5 Å². The molecule has 72 valence electrons. The minimum Gasteiger partial charge on any atom is -0.480 e. The Morgan fingerprint density at radius 1 is 1.71 bits per heavy atom. The lowest BCUT2D eigenvalue weighted by molar-refractivity contribution is -0.138. The summed E-state index contributed by atoms with van der Waals surface area (Å²) >= 11 is 0. The van der Waals surface area contributed by atoms with Gasteiger partial charge in [0, 0.05) is 24.4 Å². The first-order valence-electron chi connectivity index (χ1n) is 4.07. The number of aromatic nitrogens is 1. The van der Waals surface area contributed by atoms with E-state index in [0.717, 1.165) is 5.56 Å². The van der Waals surface area contributed by atoms with Crippen molar-refractivity contribution < 1.29 is 9.90 Å². The minimum atomic E-state index is -1.04. The number of rotatable bonds is 2. The van der Waals surface area contributed by atoms with Gasteiger partial charge in [0.15, 0.2) is 0 Å². The molecule has 1 heterocycles. The molecule has 0 aromatic carbocycles. The molecular formula is C10H10N2O2. The summed E-state index contributed by atoms with van der Waals surface area (Å²) in [5.41, 5.74) is 6.02. The summed E-state index contributed by atoms with van der Waals surface area (Å²) < 4.78 is 0. The van der Waals surface area contributed by atoms with Crippen LogP contribution in [0.2, 0.25) is 0 Å². The van der Waals surface area contributed by atoms with Gasteiger partial charge in [0.25, 0.3) is 0 Å². The number of nitrogens with zero attached hydrogens (tertiary/aromatic N) is 1. The molecule has 1 rings (SSSR count). The molecule has 0 bridgehead atoms. The second-order valence-electron chi connectivity index (χ2n) is 2.69. The molecule has 0 aliphatic heterocycles. The van der Waals surface area contributed by atoms with Gasteiger partial charge in [-0.25, -0.2) is 0 Å². The molecule has 3 N–H and O–H groups in total. The third-order valence-electron chi connectivity index (χ3n) is 1.53. The molecule has 0 spiro atoms. The van der Waals surface area contributed by atoms with E-state index in [1.807, 2.05) is 0 Å². The first kappa shape index (κ1) is 10.2. The highest BCUT2D eigenvalue weighted by Gasteiger charge is 2.07. The van der Waals surface area contributed by atoms with Crippen LogP contribution in [0, 0.1) is 11.8 Å². The molecule has 0 aliphatic rings. The molecular weight excluding hydrogens is 180 g/mol. The van der Waals surface area contributed by atoms with Crippen molar-refractivity contribution >= 4 is 5.97 Å². The molecule has 14 heavy (non-hydrogen) atoms. The van der Waals surface area contributed by atoms with E-state index in [9.17, 15) is 4.79 Å². The highest BCUT2D eigenvalue weighted by atomic mass is 16.4. The van der Waals surface area contributed by atoms with Gasteiger partial charge in [0.1, 0.15) is 6.04 Å². The minimum absolute atomic E-state index is 0.143. The molecule has 0 aliphatic carbocycles. The summed E-state index contributed by atoms with van der Waals surface area (Å²) in [5, 5.41) is 8.47. The van der Waals surface area contributed by atoms with Crippen LogP contribution in [-0.2, 0) is 4.79 Å². The standard InChI is InChI=1S/C10H10N2O2/c11-9(10(13)14)5-1-3-8-4-2-6-12-7-8/h2,4,6-7,9H,5,11H2,(H,13,14). The summed E-state index contributed by atoms with van der Waals surface area (Å²) in [6.07, 6.45) is 3.40. The molecule has 0 saturated heterocycles. The second-order valence-corrected chi connectivity index (χ2v) is 2.69. The van der Waals surface area contributed by atoms with E-state index in [4.69, 9.17) is 10.8 Å². The van der Waals surface area contributed by atoms with Crippen LogP contribution in [0.5, 0.6) is 0 Å². The number of pyridine rings is 1. The number of hydrogen-bond acceptors (Lipinski definition) is 3. The Kier molecular flexibility index (Phi) is 3.65. The van der Waals surface area contributed by atoms with Gasteiger partial charge in [-0.3, -0.25) is 9.78 Å². The van der Waals surface area contributed by atoms with Crippen LogP contribution >= 0.6 is 0 Å². The number of carboxylic acid groups (broad SMARTS) is 1. The number of nitrogens with two attached hydrogens (primary N) is 1. The van der Waals surface area contributed by atoms with E-state index in [1.165, 1.54) is 0 Å². The molecule has 1 aromatic heterocycles. The van der Waals surface area contributed by atoms with Crippen LogP contribution in [0.1, 0.15) is 12.0 Å². The molecule has 1 atom stereocenters. The van der Waals surface area contributed by atoms with Crippen LogP contribution in [-0.4, -0.2) is 22.1 Å². The predicted molar refractivity (Wildman–Crippen MR) is 51.3 cm³/mol. The monoisotopic (exact) mass is 190 g/mol. The third kappa shape index (κ3) is 3.25. The van der Waals surface area contributed by atoms with Crippen molar-refractivity contribution in [1.29, 1.82) is 0 Å². The maximum Gasteiger partial charge on any atom is 0.321 e. The predicted octanol–water partition coefficient (Wildman–Crippen LogP) is 0.235. The van der Waals surface area contributed by atoms with Crippen LogP contribution in [0.4, 0.5) is 0 Å². The van der Waals surface area contributed by atoms with Crippen molar-refractivity contribution in [3.05, 3.63) is 30.1 Å². The fraction of sp³-hybridized carbons (Fsp3) is 0.200. The van der Waals surface area contributed by atoms with Gasteiger partial charge in [-0.2, -0.15) is 0 Å². The molecule has 4 heteroatoms. The highest BCUT2D eigenvalue weighted by Crippen LogP contribution is 1.92. The van der Waals surface area contributed by atoms with Gasteiger partial charge < -0.3 is 10.8 Å². The van der Waals surface area contributed by atoms with E-state index in [-0.39, 0.29) is 6.42 Å². The number of hydrogen-bond donors (Lipinski definition) is 2. The van der Waals surface area contributed by atoms with Crippen molar-refractivity contribution in [1.82, 2.24) is 4.98 Å². The first-order valence-corrected chi connectivity index (χ1v) is 4.07. The fourth-order valence-corrected chi connectivity index (χ4v) is 0.787. The van der Waals surface area contributed by atoms with Crippen molar-refractivity contribution in [3.63, 3.8) is 0 Å². The molecule has 0 saturated carbocycles.